The average molecular weight is 125 g/mol. The Morgan fingerprint density at radius 1 is 1.89 bits per heavy atom. The lowest BCUT2D eigenvalue weighted by Crippen LogP contribution is -2.14. The second-order valence-electron chi connectivity index (χ2n) is 1.53. The molecule has 0 aliphatic carbocycles. The molecule has 0 aromatic carbocycles. The van der Waals surface area contributed by atoms with Crippen LogP contribution in [0.2, 0.25) is 0 Å². The van der Waals surface area contributed by atoms with E-state index in [1.165, 1.54) is 0 Å². The van der Waals surface area contributed by atoms with Gasteiger partial charge >= 0.3 is 0 Å². The fourth-order valence-corrected chi connectivity index (χ4v) is 0.346. The molecule has 3 N–H and O–H groups in total. The first-order valence-electron chi connectivity index (χ1n) is 2.72. The lowest BCUT2D eigenvalue weighted by molar-refractivity contribution is 1.12. The topological polar surface area (TPSA) is 62.2 Å². The molecular formula is C6H11N3. The number of nitrogens with zero attached hydrogens (tertiary/aromatic N) is 1. The minimum absolute atomic E-state index is 0.354. The van der Waals surface area contributed by atoms with Gasteiger partial charge in [-0.1, -0.05) is 6.58 Å². The number of nitrogens with one attached hydrogen (secondary N) is 1. The van der Waals surface area contributed by atoms with Gasteiger partial charge in [0.15, 0.2) is 0 Å². The van der Waals surface area contributed by atoms with Crippen molar-refractivity contribution >= 4 is 12.1 Å². The van der Waals surface area contributed by atoms with Crippen molar-refractivity contribution in [3.05, 3.63) is 12.2 Å². The maximum absolute atomic E-state index is 6.73. The molecule has 0 heterocycles. The van der Waals surface area contributed by atoms with E-state index in [0.717, 1.165) is 6.21 Å². The van der Waals surface area contributed by atoms with E-state index in [-0.39, 0.29) is 0 Å². The van der Waals surface area contributed by atoms with Gasteiger partial charge in [-0.3, -0.25) is 4.99 Å². The van der Waals surface area contributed by atoms with Crippen LogP contribution >= 0.6 is 0 Å². The fourth-order valence-electron chi connectivity index (χ4n) is 0.346. The summed E-state index contributed by atoms with van der Waals surface area (Å²) in [6.45, 7) is 6.01. The Morgan fingerprint density at radius 3 is 2.78 bits per heavy atom. The summed E-state index contributed by atoms with van der Waals surface area (Å²) < 4.78 is 0. The van der Waals surface area contributed by atoms with E-state index in [1.54, 1.807) is 0 Å². The highest BCUT2D eigenvalue weighted by atomic mass is 14.8. The Kier molecular flexibility index (Phi) is 3.35. The molecule has 0 spiro atoms. The third-order valence-corrected chi connectivity index (χ3v) is 0.832. The van der Waals surface area contributed by atoms with E-state index < -0.39 is 0 Å². The smallest absolute Gasteiger partial charge is 0.126 e. The van der Waals surface area contributed by atoms with Gasteiger partial charge in [-0.05, 0) is 6.92 Å². The van der Waals surface area contributed by atoms with Gasteiger partial charge in [-0.15, -0.1) is 0 Å². The van der Waals surface area contributed by atoms with Gasteiger partial charge in [0.2, 0.25) is 0 Å². The van der Waals surface area contributed by atoms with E-state index in [2.05, 4.69) is 11.6 Å². The molecular weight excluding hydrogens is 114 g/mol. The van der Waals surface area contributed by atoms with Gasteiger partial charge in [0.05, 0.1) is 0 Å². The van der Waals surface area contributed by atoms with Gasteiger partial charge in [0.25, 0.3) is 0 Å². The van der Waals surface area contributed by atoms with Crippen LogP contribution < -0.4 is 5.73 Å². The Hall–Kier alpha value is -1.12. The molecule has 0 aromatic heterocycles. The average Bonchev–Trinajstić information content (AvgIpc) is 1.87. The van der Waals surface area contributed by atoms with Crippen molar-refractivity contribution in [3.63, 3.8) is 0 Å². The monoisotopic (exact) mass is 125 g/mol. The van der Waals surface area contributed by atoms with Gasteiger partial charge in [0.1, 0.15) is 5.84 Å². The van der Waals surface area contributed by atoms with E-state index in [9.17, 15) is 0 Å². The maximum atomic E-state index is 6.73. The van der Waals surface area contributed by atoms with E-state index in [1.807, 2.05) is 6.92 Å². The van der Waals surface area contributed by atoms with Gasteiger partial charge in [-0.25, -0.2) is 0 Å². The second-order valence-corrected chi connectivity index (χ2v) is 1.53. The zero-order valence-corrected chi connectivity index (χ0v) is 5.52. The van der Waals surface area contributed by atoms with Crippen LogP contribution in [-0.2, 0) is 0 Å². The van der Waals surface area contributed by atoms with E-state index in [4.69, 9.17) is 11.1 Å². The molecule has 3 nitrogen and oxygen atoms in total. The summed E-state index contributed by atoms with van der Waals surface area (Å²) in [6, 6.07) is 0. The molecule has 0 rings (SSSR count). The van der Waals surface area contributed by atoms with Crippen molar-refractivity contribution in [2.24, 2.45) is 10.7 Å². The first-order valence-corrected chi connectivity index (χ1v) is 2.72. The SMILES string of the molecule is C=C(C=N)C(N)=NCC. The van der Waals surface area contributed by atoms with Crippen molar-refractivity contribution < 1.29 is 0 Å². The minimum atomic E-state index is 0.354. The van der Waals surface area contributed by atoms with Crippen LogP contribution in [0.1, 0.15) is 6.92 Å². The number of nitrogens with two attached hydrogens (primary N) is 1. The van der Waals surface area contributed by atoms with Crippen molar-refractivity contribution in [2.75, 3.05) is 6.54 Å². The summed E-state index contributed by atoms with van der Waals surface area (Å²) in [6.07, 6.45) is 1.09. The normalized spacial score (nSPS) is 11.0. The molecule has 0 fully saturated rings. The highest BCUT2D eigenvalue weighted by Crippen LogP contribution is 1.83. The van der Waals surface area contributed by atoms with Crippen LogP contribution in [0.15, 0.2) is 17.1 Å². The largest absolute Gasteiger partial charge is 0.383 e. The molecule has 3 heteroatoms. The third-order valence-electron chi connectivity index (χ3n) is 0.832. The van der Waals surface area contributed by atoms with Crippen LogP contribution in [0.5, 0.6) is 0 Å². The Labute approximate surface area is 54.8 Å². The predicted molar refractivity (Wildman–Crippen MR) is 40.1 cm³/mol. The molecule has 50 valence electrons. The van der Waals surface area contributed by atoms with Gasteiger partial charge in [0, 0.05) is 18.3 Å². The second kappa shape index (κ2) is 3.83. The number of rotatable bonds is 3. The van der Waals surface area contributed by atoms with Crippen LogP contribution in [0.4, 0.5) is 0 Å². The van der Waals surface area contributed by atoms with Crippen molar-refractivity contribution in [3.8, 4) is 0 Å². The Bertz CT molecular complexity index is 146. The fraction of sp³-hybridized carbons (Fsp3) is 0.333. The summed E-state index contributed by atoms with van der Waals surface area (Å²) in [5.41, 5.74) is 5.81. The summed E-state index contributed by atoms with van der Waals surface area (Å²) in [5, 5.41) is 6.73. The number of aliphatic imine (C=N–C) groups is 1. The highest BCUT2D eigenvalue weighted by Gasteiger charge is 1.90. The molecule has 0 amide bonds. The zero-order chi connectivity index (χ0) is 7.28. The molecule has 0 bridgehead atoms. The lowest BCUT2D eigenvalue weighted by Gasteiger charge is -1.94. The third kappa shape index (κ3) is 2.64. The highest BCUT2D eigenvalue weighted by molar-refractivity contribution is 6.12. The summed E-state index contributed by atoms with van der Waals surface area (Å²) in [5.74, 6) is 0.354. The first-order chi connectivity index (χ1) is 4.22. The minimum Gasteiger partial charge on any atom is -0.383 e. The molecule has 0 aliphatic heterocycles. The molecule has 0 radical (unpaired) electrons. The number of hydrogen-bond donors (Lipinski definition) is 2. The summed E-state index contributed by atoms with van der Waals surface area (Å²) >= 11 is 0. The molecule has 0 aromatic rings. The van der Waals surface area contributed by atoms with Crippen LogP contribution in [0.25, 0.3) is 0 Å². The van der Waals surface area contributed by atoms with Crippen molar-refractivity contribution in [2.45, 2.75) is 6.92 Å². The molecule has 9 heavy (non-hydrogen) atoms. The molecule has 0 atom stereocenters. The predicted octanol–water partition coefficient (Wildman–Crippen LogP) is 0.569. The van der Waals surface area contributed by atoms with Crippen LogP contribution in [0.3, 0.4) is 0 Å². The van der Waals surface area contributed by atoms with Gasteiger partial charge < -0.3 is 11.1 Å². The van der Waals surface area contributed by atoms with E-state index >= 15 is 0 Å². The number of amidine groups is 1. The van der Waals surface area contributed by atoms with E-state index in [0.29, 0.717) is 18.0 Å². The zero-order valence-electron chi connectivity index (χ0n) is 5.52. The summed E-state index contributed by atoms with van der Waals surface area (Å²) in [4.78, 5) is 3.84. The van der Waals surface area contributed by atoms with Crippen molar-refractivity contribution in [1.82, 2.24) is 0 Å². The van der Waals surface area contributed by atoms with Crippen LogP contribution in [0, 0.1) is 5.41 Å². The maximum Gasteiger partial charge on any atom is 0.126 e. The summed E-state index contributed by atoms with van der Waals surface area (Å²) in [7, 11) is 0. The molecule has 0 saturated carbocycles. The lowest BCUT2D eigenvalue weighted by atomic mass is 10.3. The standard InChI is InChI=1S/C6H11N3/c1-3-9-6(8)5(2)4-7/h4,7H,2-3H2,1H3,(H2,8,9). The van der Waals surface area contributed by atoms with Crippen LogP contribution in [-0.4, -0.2) is 18.6 Å². The Morgan fingerprint density at radius 2 is 2.44 bits per heavy atom. The Balaban J connectivity index is 4.01. The quantitative estimate of drug-likeness (QED) is 0.420. The number of hydrogen-bond acceptors (Lipinski definition) is 2. The molecule has 0 unspecified atom stereocenters. The molecule has 0 saturated heterocycles. The molecule has 0 aliphatic rings. The first kappa shape index (κ1) is 7.88. The van der Waals surface area contributed by atoms with Gasteiger partial charge in [-0.2, -0.15) is 0 Å². The van der Waals surface area contributed by atoms with Crippen molar-refractivity contribution in [1.29, 1.82) is 5.41 Å².